The molecule has 0 unspecified atom stereocenters. The van der Waals surface area contributed by atoms with E-state index in [9.17, 15) is 14.4 Å². The summed E-state index contributed by atoms with van der Waals surface area (Å²) in [6.07, 6.45) is 1.89. The highest BCUT2D eigenvalue weighted by Gasteiger charge is 2.47. The summed E-state index contributed by atoms with van der Waals surface area (Å²) < 4.78 is 10.1. The van der Waals surface area contributed by atoms with Gasteiger partial charge in [0.05, 0.1) is 0 Å². The molecule has 0 aromatic rings. The Labute approximate surface area is 118 Å². The Hall–Kier alpha value is -1.59. The van der Waals surface area contributed by atoms with Crippen LogP contribution in [0.2, 0.25) is 0 Å². The largest absolute Gasteiger partial charge is 0.462 e. The van der Waals surface area contributed by atoms with Crippen LogP contribution in [-0.2, 0) is 23.9 Å². The molecule has 2 fully saturated rings. The van der Waals surface area contributed by atoms with Gasteiger partial charge in [0, 0.05) is 11.3 Å². The quantitative estimate of drug-likeness (QED) is 0.771. The number of carbonyl (C=O) groups excluding carboxylic acids is 3. The van der Waals surface area contributed by atoms with Crippen LogP contribution in [0, 0.1) is 11.3 Å². The van der Waals surface area contributed by atoms with E-state index in [0.29, 0.717) is 0 Å². The molecule has 2 atom stereocenters. The van der Waals surface area contributed by atoms with Crippen molar-refractivity contribution < 1.29 is 23.9 Å². The maximum atomic E-state index is 12.0. The molecule has 0 aromatic heterocycles. The van der Waals surface area contributed by atoms with Gasteiger partial charge in [-0.1, -0.05) is 20.3 Å². The van der Waals surface area contributed by atoms with Crippen LogP contribution in [0.4, 0.5) is 0 Å². The zero-order valence-corrected chi connectivity index (χ0v) is 12.1. The van der Waals surface area contributed by atoms with E-state index in [1.807, 2.05) is 0 Å². The lowest BCUT2D eigenvalue weighted by atomic mass is 9.84. The normalized spacial score (nSPS) is 26.4. The molecule has 1 heterocycles. The Morgan fingerprint density at radius 1 is 1.40 bits per heavy atom. The van der Waals surface area contributed by atoms with Gasteiger partial charge < -0.3 is 14.8 Å². The highest BCUT2D eigenvalue weighted by molar-refractivity contribution is 5.88. The molecule has 6 nitrogen and oxygen atoms in total. The molecule has 1 saturated carbocycles. The Morgan fingerprint density at radius 3 is 2.50 bits per heavy atom. The number of carbonyl (C=O) groups is 3. The molecular weight excluding hydrogens is 262 g/mol. The van der Waals surface area contributed by atoms with E-state index in [4.69, 9.17) is 9.47 Å². The lowest BCUT2D eigenvalue weighted by Gasteiger charge is -2.27. The van der Waals surface area contributed by atoms with Crippen LogP contribution < -0.4 is 5.32 Å². The van der Waals surface area contributed by atoms with E-state index >= 15 is 0 Å². The summed E-state index contributed by atoms with van der Waals surface area (Å²) in [5.41, 5.74) is -0.537. The number of cyclic esters (lactones) is 1. The third-order valence-corrected chi connectivity index (χ3v) is 3.93. The van der Waals surface area contributed by atoms with Crippen molar-refractivity contribution >= 4 is 17.8 Å². The molecule has 1 amide bonds. The molecule has 1 aliphatic heterocycles. The van der Waals surface area contributed by atoms with E-state index < -0.39 is 29.5 Å². The number of hydrogen-bond acceptors (Lipinski definition) is 5. The van der Waals surface area contributed by atoms with Crippen molar-refractivity contribution in [3.63, 3.8) is 0 Å². The van der Waals surface area contributed by atoms with E-state index in [0.717, 1.165) is 19.3 Å². The molecule has 20 heavy (non-hydrogen) atoms. The number of nitrogens with one attached hydrogen (secondary N) is 1. The number of esters is 2. The van der Waals surface area contributed by atoms with Gasteiger partial charge in [-0.3, -0.25) is 4.79 Å². The Bertz CT molecular complexity index is 427. The van der Waals surface area contributed by atoms with Crippen molar-refractivity contribution in [2.45, 2.75) is 52.2 Å². The first kappa shape index (κ1) is 14.8. The summed E-state index contributed by atoms with van der Waals surface area (Å²) >= 11 is 0. The van der Waals surface area contributed by atoms with Gasteiger partial charge in [0.25, 0.3) is 0 Å². The van der Waals surface area contributed by atoms with Gasteiger partial charge in [0.1, 0.15) is 12.6 Å². The fourth-order valence-corrected chi connectivity index (χ4v) is 2.21. The van der Waals surface area contributed by atoms with E-state index in [1.165, 1.54) is 0 Å². The lowest BCUT2D eigenvalue weighted by molar-refractivity contribution is -0.165. The predicted molar refractivity (Wildman–Crippen MR) is 69.6 cm³/mol. The molecule has 0 aromatic carbocycles. The summed E-state index contributed by atoms with van der Waals surface area (Å²) in [6, 6.07) is -0.757. The van der Waals surface area contributed by atoms with E-state index in [-0.39, 0.29) is 18.4 Å². The summed E-state index contributed by atoms with van der Waals surface area (Å²) in [5.74, 6) is -1.23. The topological polar surface area (TPSA) is 81.7 Å². The van der Waals surface area contributed by atoms with Crippen LogP contribution in [0.1, 0.15) is 40.0 Å². The maximum Gasteiger partial charge on any atom is 0.348 e. The van der Waals surface area contributed by atoms with E-state index in [2.05, 4.69) is 5.32 Å². The fourth-order valence-electron chi connectivity index (χ4n) is 2.21. The molecule has 0 bridgehead atoms. The standard InChI is InChI=1S/C14H21NO5/c1-8(15-11(16)9-5-4-6-9)12(17)20-10-13(18)19-7-14(10,2)3/h8-10H,4-7H2,1-3H3,(H,15,16)/t8-,10-/m0/s1. The first-order valence-corrected chi connectivity index (χ1v) is 6.99. The molecule has 1 N–H and O–H groups in total. The Morgan fingerprint density at radius 2 is 2.05 bits per heavy atom. The third-order valence-electron chi connectivity index (χ3n) is 3.93. The molecule has 1 aliphatic carbocycles. The zero-order chi connectivity index (χ0) is 14.9. The maximum absolute atomic E-state index is 12.0. The Kier molecular flexibility index (Phi) is 4.01. The first-order valence-electron chi connectivity index (χ1n) is 6.99. The molecule has 6 heteroatoms. The number of amides is 1. The molecule has 1 saturated heterocycles. The van der Waals surface area contributed by atoms with Gasteiger partial charge in [0.2, 0.25) is 12.0 Å². The monoisotopic (exact) mass is 283 g/mol. The minimum Gasteiger partial charge on any atom is -0.462 e. The minimum atomic E-state index is -0.905. The average Bonchev–Trinajstić information content (AvgIpc) is 2.53. The van der Waals surface area contributed by atoms with Crippen LogP contribution in [-0.4, -0.2) is 36.6 Å². The molecule has 112 valence electrons. The van der Waals surface area contributed by atoms with Gasteiger partial charge in [-0.05, 0) is 19.8 Å². The minimum absolute atomic E-state index is 0.0122. The van der Waals surface area contributed by atoms with Gasteiger partial charge >= 0.3 is 11.9 Å². The SMILES string of the molecule is C[C@H](NC(=O)C1CCC1)C(=O)O[C@H]1C(=O)OCC1(C)C. The lowest BCUT2D eigenvalue weighted by Crippen LogP contribution is -2.46. The summed E-state index contributed by atoms with van der Waals surface area (Å²) in [6.45, 7) is 5.39. The van der Waals surface area contributed by atoms with Crippen LogP contribution in [0.3, 0.4) is 0 Å². The number of hydrogen-bond donors (Lipinski definition) is 1. The molecule has 0 spiro atoms. The first-order chi connectivity index (χ1) is 9.31. The highest BCUT2D eigenvalue weighted by Crippen LogP contribution is 2.31. The molecule has 2 aliphatic rings. The van der Waals surface area contributed by atoms with Crippen molar-refractivity contribution in [3.8, 4) is 0 Å². The van der Waals surface area contributed by atoms with Crippen molar-refractivity contribution in [3.05, 3.63) is 0 Å². The molecule has 2 rings (SSSR count). The third kappa shape index (κ3) is 2.94. The van der Waals surface area contributed by atoms with Crippen molar-refractivity contribution in [2.24, 2.45) is 11.3 Å². The summed E-state index contributed by atoms with van der Waals surface area (Å²) in [7, 11) is 0. The number of ether oxygens (including phenoxy) is 2. The van der Waals surface area contributed by atoms with Gasteiger partial charge in [-0.15, -0.1) is 0 Å². The van der Waals surface area contributed by atoms with Crippen LogP contribution >= 0.6 is 0 Å². The fraction of sp³-hybridized carbons (Fsp3) is 0.786. The van der Waals surface area contributed by atoms with Crippen LogP contribution in [0.25, 0.3) is 0 Å². The second kappa shape index (κ2) is 5.42. The zero-order valence-electron chi connectivity index (χ0n) is 12.1. The van der Waals surface area contributed by atoms with Crippen LogP contribution in [0.15, 0.2) is 0 Å². The highest BCUT2D eigenvalue weighted by atomic mass is 16.6. The molecule has 0 radical (unpaired) electrons. The van der Waals surface area contributed by atoms with Crippen molar-refractivity contribution in [2.75, 3.05) is 6.61 Å². The molecular formula is C14H21NO5. The Balaban J connectivity index is 1.87. The van der Waals surface area contributed by atoms with Gasteiger partial charge in [-0.2, -0.15) is 0 Å². The van der Waals surface area contributed by atoms with Crippen molar-refractivity contribution in [1.82, 2.24) is 5.32 Å². The second-order valence-corrected chi connectivity index (χ2v) is 6.27. The van der Waals surface area contributed by atoms with Crippen molar-refractivity contribution in [1.29, 1.82) is 0 Å². The predicted octanol–water partition coefficient (Wildman–Crippen LogP) is 0.786. The second-order valence-electron chi connectivity index (χ2n) is 6.27. The van der Waals surface area contributed by atoms with Gasteiger partial charge in [-0.25, -0.2) is 9.59 Å². The van der Waals surface area contributed by atoms with Crippen LogP contribution in [0.5, 0.6) is 0 Å². The smallest absolute Gasteiger partial charge is 0.348 e. The van der Waals surface area contributed by atoms with E-state index in [1.54, 1.807) is 20.8 Å². The number of rotatable bonds is 4. The summed E-state index contributed by atoms with van der Waals surface area (Å²) in [5, 5.41) is 2.63. The van der Waals surface area contributed by atoms with Gasteiger partial charge in [0.15, 0.2) is 0 Å². The summed E-state index contributed by atoms with van der Waals surface area (Å²) in [4.78, 5) is 35.3. The average molecular weight is 283 g/mol.